The fraction of sp³-hybridized carbons (Fsp3) is 0.613. The lowest BCUT2D eigenvalue weighted by Crippen LogP contribution is -2.53. The number of thiazole rings is 1. The zero-order valence-corrected chi connectivity index (χ0v) is 32.0. The molecule has 246 valence electrons. The number of aromatic nitrogens is 5. The van der Waals surface area contributed by atoms with Gasteiger partial charge in [-0.2, -0.15) is 11.8 Å². The van der Waals surface area contributed by atoms with Crippen LogP contribution in [0.5, 0.6) is 0 Å². The molecule has 4 atom stereocenters. The van der Waals surface area contributed by atoms with Gasteiger partial charge in [0.15, 0.2) is 28.6 Å². The smallest absolute Gasteiger partial charge is 0.192 e. The van der Waals surface area contributed by atoms with Gasteiger partial charge in [0, 0.05) is 28.6 Å². The number of anilines is 1. The van der Waals surface area contributed by atoms with Gasteiger partial charge < -0.3 is 28.4 Å². The minimum absolute atomic E-state index is 0.00480. The summed E-state index contributed by atoms with van der Waals surface area (Å²) in [5, 5.41) is 7.04. The lowest BCUT2D eigenvalue weighted by molar-refractivity contribution is -0.0244. The minimum Gasteiger partial charge on any atom is -0.408 e. The van der Waals surface area contributed by atoms with Gasteiger partial charge in [-0.3, -0.25) is 0 Å². The standard InChI is InChI=1S/C31H48N6O4S2Si2/c1-19-21(24(39-36-19)22-15-43-18-35-22)14-42-16-23-25(40-44(8,9)30(2,3)4)26(41-45(10,11)31(5,6)7)29(38-23)37-13-12-20-27(32)33-17-34-28(20)37/h12-13,15,17-18,23,25-26,29H,14,16H2,1-11H3,(H2,32,33,34)/t23-,25-,26-,29-/m1/s1. The second-order valence-corrected chi connectivity index (χ2v) is 26.2. The van der Waals surface area contributed by atoms with Crippen LogP contribution in [0.1, 0.15) is 59.0 Å². The number of rotatable bonds is 10. The Morgan fingerprint density at radius 2 is 1.67 bits per heavy atom. The summed E-state index contributed by atoms with van der Waals surface area (Å²) >= 11 is 3.33. The highest BCUT2D eigenvalue weighted by atomic mass is 32.2. The van der Waals surface area contributed by atoms with Gasteiger partial charge in [0.1, 0.15) is 35.7 Å². The molecule has 1 aliphatic rings. The Labute approximate surface area is 277 Å². The van der Waals surface area contributed by atoms with Crippen LogP contribution in [0.4, 0.5) is 5.82 Å². The highest BCUT2D eigenvalue weighted by Gasteiger charge is 2.54. The Bertz CT molecular complexity index is 1610. The van der Waals surface area contributed by atoms with E-state index in [1.165, 1.54) is 6.33 Å². The Morgan fingerprint density at radius 1 is 1.00 bits per heavy atom. The highest BCUT2D eigenvalue weighted by molar-refractivity contribution is 7.98. The Hall–Kier alpha value is -2.08. The molecular weight excluding hydrogens is 641 g/mol. The molecule has 45 heavy (non-hydrogen) atoms. The molecule has 14 heteroatoms. The average molecular weight is 689 g/mol. The summed E-state index contributed by atoms with van der Waals surface area (Å²) in [6.45, 7) is 24.8. The van der Waals surface area contributed by atoms with Crippen molar-refractivity contribution < 1.29 is 18.1 Å². The van der Waals surface area contributed by atoms with E-state index in [1.807, 2.05) is 30.1 Å². The van der Waals surface area contributed by atoms with Crippen LogP contribution in [0.25, 0.3) is 22.5 Å². The molecule has 0 spiro atoms. The summed E-state index contributed by atoms with van der Waals surface area (Å²) < 4.78 is 29.4. The molecule has 4 aromatic rings. The molecule has 0 bridgehead atoms. The van der Waals surface area contributed by atoms with Crippen molar-refractivity contribution in [3.8, 4) is 11.5 Å². The molecule has 5 heterocycles. The summed E-state index contributed by atoms with van der Waals surface area (Å²) in [4.78, 5) is 13.3. The number of aryl methyl sites for hydroxylation is 1. The molecule has 5 rings (SSSR count). The Balaban J connectivity index is 1.52. The first-order valence-electron chi connectivity index (χ1n) is 15.4. The van der Waals surface area contributed by atoms with Crippen molar-refractivity contribution in [2.24, 2.45) is 0 Å². The van der Waals surface area contributed by atoms with Crippen molar-refractivity contribution in [1.29, 1.82) is 0 Å². The van der Waals surface area contributed by atoms with Gasteiger partial charge in [0.2, 0.25) is 0 Å². The van der Waals surface area contributed by atoms with Crippen molar-refractivity contribution in [2.75, 3.05) is 11.5 Å². The SMILES string of the molecule is Cc1noc(-c2cscn2)c1CSC[C@H]1O[C@@H](n2ccc3c(N)ncnc32)[C@H](O[Si](C)(C)C(C)(C)C)[C@@H]1O[Si](C)(C)C(C)(C)C. The van der Waals surface area contributed by atoms with Crippen LogP contribution in [-0.2, 0) is 19.3 Å². The third-order valence-electron chi connectivity index (χ3n) is 9.75. The van der Waals surface area contributed by atoms with Crippen LogP contribution in [-0.4, -0.2) is 65.4 Å². The van der Waals surface area contributed by atoms with Gasteiger partial charge in [-0.25, -0.2) is 15.0 Å². The second kappa shape index (κ2) is 12.5. The molecule has 4 aromatic heterocycles. The highest BCUT2D eigenvalue weighted by Crippen LogP contribution is 2.47. The van der Waals surface area contributed by atoms with E-state index in [0.717, 1.165) is 33.7 Å². The molecule has 0 amide bonds. The average Bonchev–Trinajstić information content (AvgIpc) is 3.72. The topological polar surface area (TPSA) is 123 Å². The summed E-state index contributed by atoms with van der Waals surface area (Å²) in [6, 6.07) is 1.96. The number of hydrogen-bond acceptors (Lipinski definition) is 11. The molecule has 1 aliphatic heterocycles. The second-order valence-electron chi connectivity index (χ2n) is 14.9. The first kappa shape index (κ1) is 34.3. The number of nitrogens with two attached hydrogens (primary N) is 1. The predicted molar refractivity (Wildman–Crippen MR) is 189 cm³/mol. The maximum atomic E-state index is 7.29. The summed E-state index contributed by atoms with van der Waals surface area (Å²) in [6.07, 6.45) is 2.18. The van der Waals surface area contributed by atoms with Gasteiger partial charge in [-0.1, -0.05) is 46.7 Å². The first-order chi connectivity index (χ1) is 20.9. The van der Waals surface area contributed by atoms with Gasteiger partial charge in [-0.05, 0) is 49.3 Å². The van der Waals surface area contributed by atoms with E-state index in [1.54, 1.807) is 23.1 Å². The van der Waals surface area contributed by atoms with Gasteiger partial charge >= 0.3 is 0 Å². The van der Waals surface area contributed by atoms with Crippen LogP contribution in [0.15, 0.2) is 34.0 Å². The zero-order valence-electron chi connectivity index (χ0n) is 28.4. The van der Waals surface area contributed by atoms with Crippen LogP contribution in [0.3, 0.4) is 0 Å². The van der Waals surface area contributed by atoms with E-state index in [9.17, 15) is 0 Å². The summed E-state index contributed by atoms with van der Waals surface area (Å²) in [5.41, 5.74) is 11.5. The largest absolute Gasteiger partial charge is 0.408 e. The number of hydrogen-bond donors (Lipinski definition) is 1. The van der Waals surface area contributed by atoms with E-state index in [0.29, 0.717) is 17.3 Å². The van der Waals surface area contributed by atoms with E-state index >= 15 is 0 Å². The van der Waals surface area contributed by atoms with E-state index in [4.69, 9.17) is 23.8 Å². The summed E-state index contributed by atoms with van der Waals surface area (Å²) in [5.74, 6) is 2.59. The molecule has 0 unspecified atom stereocenters. The van der Waals surface area contributed by atoms with Crippen molar-refractivity contribution in [2.45, 2.75) is 115 Å². The molecule has 1 fully saturated rings. The van der Waals surface area contributed by atoms with E-state index < -0.39 is 22.9 Å². The van der Waals surface area contributed by atoms with Crippen molar-refractivity contribution >= 4 is 56.6 Å². The van der Waals surface area contributed by atoms with Crippen LogP contribution in [0, 0.1) is 6.92 Å². The zero-order chi connectivity index (χ0) is 32.9. The number of nitrogens with zero attached hydrogens (tertiary/aromatic N) is 5. The summed E-state index contributed by atoms with van der Waals surface area (Å²) in [7, 11) is -4.50. The Morgan fingerprint density at radius 3 is 2.29 bits per heavy atom. The van der Waals surface area contributed by atoms with Crippen molar-refractivity contribution in [3.05, 3.63) is 40.7 Å². The van der Waals surface area contributed by atoms with Crippen molar-refractivity contribution in [3.63, 3.8) is 0 Å². The van der Waals surface area contributed by atoms with E-state index in [2.05, 4.69) is 92.4 Å². The number of fused-ring (bicyclic) bond motifs is 1. The number of ether oxygens (including phenoxy) is 1. The van der Waals surface area contributed by atoms with Crippen LogP contribution < -0.4 is 5.73 Å². The molecule has 10 nitrogen and oxygen atoms in total. The lowest BCUT2D eigenvalue weighted by atomic mass is 10.1. The number of nitrogen functional groups attached to an aromatic ring is 1. The normalized spacial score (nSPS) is 21.7. The van der Waals surface area contributed by atoms with Gasteiger partial charge in [0.05, 0.1) is 22.7 Å². The first-order valence-corrected chi connectivity index (χ1v) is 23.3. The quantitative estimate of drug-likeness (QED) is 0.164. The monoisotopic (exact) mass is 688 g/mol. The van der Waals surface area contributed by atoms with Crippen LogP contribution in [0.2, 0.25) is 36.3 Å². The fourth-order valence-corrected chi connectivity index (χ4v) is 9.22. The molecule has 2 N–H and O–H groups in total. The van der Waals surface area contributed by atoms with Crippen molar-refractivity contribution in [1.82, 2.24) is 24.7 Å². The van der Waals surface area contributed by atoms with Crippen LogP contribution >= 0.6 is 23.1 Å². The molecular formula is C31H48N6O4S2Si2. The third kappa shape index (κ3) is 6.83. The predicted octanol–water partition coefficient (Wildman–Crippen LogP) is 8.05. The third-order valence-corrected chi connectivity index (χ3v) is 20.3. The lowest BCUT2D eigenvalue weighted by Gasteiger charge is -2.44. The Kier molecular flexibility index (Phi) is 9.52. The molecule has 0 radical (unpaired) electrons. The fourth-order valence-electron chi connectivity index (χ4n) is 4.93. The molecule has 1 saturated heterocycles. The number of thioether (sulfide) groups is 1. The molecule has 0 aromatic carbocycles. The molecule has 0 aliphatic carbocycles. The maximum Gasteiger partial charge on any atom is 0.192 e. The van der Waals surface area contributed by atoms with E-state index in [-0.39, 0.29) is 28.4 Å². The maximum absolute atomic E-state index is 7.29. The molecule has 0 saturated carbocycles. The van der Waals surface area contributed by atoms with Gasteiger partial charge in [-0.15, -0.1) is 11.3 Å². The van der Waals surface area contributed by atoms with Gasteiger partial charge in [0.25, 0.3) is 0 Å². The minimum atomic E-state index is -2.26.